The molecule has 7 nitrogen and oxygen atoms in total. The highest BCUT2D eigenvalue weighted by Crippen LogP contribution is 2.29. The average molecular weight is 502 g/mol. The molecule has 0 bridgehead atoms. The molecule has 0 radical (unpaired) electrons. The van der Waals surface area contributed by atoms with E-state index >= 15 is 0 Å². The molecule has 1 unspecified atom stereocenters. The van der Waals surface area contributed by atoms with Crippen molar-refractivity contribution >= 4 is 27.5 Å². The van der Waals surface area contributed by atoms with Crippen LogP contribution >= 0.6 is 15.9 Å². The highest BCUT2D eigenvalue weighted by molar-refractivity contribution is 9.10. The average Bonchev–Trinajstić information content (AvgIpc) is 3.21. The zero-order chi connectivity index (χ0) is 22.9. The molecule has 0 fully saturated rings. The minimum Gasteiger partial charge on any atom is -0.490 e. The summed E-state index contributed by atoms with van der Waals surface area (Å²) in [5.74, 6) is 2.03. The molecule has 0 aliphatic heterocycles. The zero-order valence-corrected chi connectivity index (χ0v) is 20.1. The van der Waals surface area contributed by atoms with Crippen molar-refractivity contribution in [2.24, 2.45) is 0 Å². The van der Waals surface area contributed by atoms with Crippen LogP contribution in [0.5, 0.6) is 17.2 Å². The number of nitrogens with zero attached hydrogens (tertiary/aromatic N) is 2. The first-order chi connectivity index (χ1) is 15.5. The van der Waals surface area contributed by atoms with Crippen molar-refractivity contribution in [3.8, 4) is 17.2 Å². The van der Waals surface area contributed by atoms with Gasteiger partial charge in [-0.2, -0.15) is 5.10 Å². The Kier molecular flexibility index (Phi) is 8.56. The van der Waals surface area contributed by atoms with Crippen LogP contribution in [0.4, 0.5) is 5.69 Å². The van der Waals surface area contributed by atoms with Gasteiger partial charge in [-0.25, -0.2) is 0 Å². The molecular weight excluding hydrogens is 474 g/mol. The van der Waals surface area contributed by atoms with Gasteiger partial charge in [0, 0.05) is 11.9 Å². The molecule has 1 N–H and O–H groups in total. The van der Waals surface area contributed by atoms with Crippen LogP contribution < -0.4 is 19.5 Å². The lowest BCUT2D eigenvalue weighted by molar-refractivity contribution is -0.119. The van der Waals surface area contributed by atoms with Crippen LogP contribution in [0.3, 0.4) is 0 Å². The van der Waals surface area contributed by atoms with Crippen molar-refractivity contribution in [3.05, 3.63) is 64.9 Å². The molecule has 3 aromatic rings. The van der Waals surface area contributed by atoms with E-state index in [1.807, 2.05) is 63.2 Å². The molecular formula is C24H28BrN3O4. The maximum atomic E-state index is 12.7. The third kappa shape index (κ3) is 6.26. The summed E-state index contributed by atoms with van der Waals surface area (Å²) in [6.45, 7) is 7.37. The summed E-state index contributed by atoms with van der Waals surface area (Å²) in [6, 6.07) is 12.7. The number of hydrogen-bond donors (Lipinski definition) is 1. The van der Waals surface area contributed by atoms with Gasteiger partial charge >= 0.3 is 0 Å². The van der Waals surface area contributed by atoms with Crippen molar-refractivity contribution in [1.29, 1.82) is 0 Å². The van der Waals surface area contributed by atoms with Crippen LogP contribution in [-0.4, -0.2) is 28.9 Å². The Morgan fingerprint density at radius 2 is 1.75 bits per heavy atom. The lowest BCUT2D eigenvalue weighted by Gasteiger charge is -2.16. The quantitative estimate of drug-likeness (QED) is 0.369. The summed E-state index contributed by atoms with van der Waals surface area (Å²) in [6.07, 6.45) is 4.10. The third-order valence-electron chi connectivity index (χ3n) is 4.71. The van der Waals surface area contributed by atoms with Gasteiger partial charge in [0.1, 0.15) is 18.4 Å². The van der Waals surface area contributed by atoms with E-state index in [-0.39, 0.29) is 11.9 Å². The van der Waals surface area contributed by atoms with Crippen LogP contribution in [0.15, 0.2) is 59.3 Å². The fourth-order valence-electron chi connectivity index (χ4n) is 3.19. The molecule has 2 aromatic carbocycles. The van der Waals surface area contributed by atoms with Crippen molar-refractivity contribution in [1.82, 2.24) is 9.78 Å². The predicted octanol–water partition coefficient (Wildman–Crippen LogP) is 5.61. The van der Waals surface area contributed by atoms with Gasteiger partial charge in [0.05, 0.1) is 23.9 Å². The Hall–Kier alpha value is -3.00. The van der Waals surface area contributed by atoms with Gasteiger partial charge in [0.2, 0.25) is 5.91 Å². The van der Waals surface area contributed by atoms with E-state index in [0.29, 0.717) is 43.4 Å². The molecule has 170 valence electrons. The molecule has 0 saturated carbocycles. The minimum absolute atomic E-state index is 0.116. The van der Waals surface area contributed by atoms with E-state index < -0.39 is 0 Å². The Balaban J connectivity index is 1.59. The van der Waals surface area contributed by atoms with Crippen LogP contribution in [0.25, 0.3) is 0 Å². The second kappa shape index (κ2) is 11.6. The van der Waals surface area contributed by atoms with Crippen LogP contribution in [0.2, 0.25) is 0 Å². The number of hydrogen-bond acceptors (Lipinski definition) is 5. The van der Waals surface area contributed by atoms with Crippen molar-refractivity contribution in [2.75, 3.05) is 18.5 Å². The standard InChI is InChI=1S/C24H28BrN3O4/c1-4-21(28-15-18(25)14-26-28)24(29)27-19-8-10-20(11-9-19)32-16-17-7-12-22(30-5-2)23(13-17)31-6-3/h7-15,21H,4-6,16H2,1-3H3,(H,27,29). The van der Waals surface area contributed by atoms with Crippen molar-refractivity contribution in [2.45, 2.75) is 39.8 Å². The molecule has 1 atom stereocenters. The largest absolute Gasteiger partial charge is 0.490 e. The van der Waals surface area contributed by atoms with Gasteiger partial charge < -0.3 is 19.5 Å². The predicted molar refractivity (Wildman–Crippen MR) is 127 cm³/mol. The molecule has 0 spiro atoms. The summed E-state index contributed by atoms with van der Waals surface area (Å²) in [5, 5.41) is 7.16. The third-order valence-corrected chi connectivity index (χ3v) is 5.12. The smallest absolute Gasteiger partial charge is 0.249 e. The maximum absolute atomic E-state index is 12.7. The first-order valence-electron chi connectivity index (χ1n) is 10.7. The molecule has 32 heavy (non-hydrogen) atoms. The summed E-state index contributed by atoms with van der Waals surface area (Å²) in [7, 11) is 0. The minimum atomic E-state index is -0.378. The van der Waals surface area contributed by atoms with E-state index in [2.05, 4.69) is 26.3 Å². The maximum Gasteiger partial charge on any atom is 0.249 e. The number of rotatable bonds is 11. The highest BCUT2D eigenvalue weighted by atomic mass is 79.9. The Labute approximate surface area is 196 Å². The van der Waals surface area contributed by atoms with Gasteiger partial charge in [-0.1, -0.05) is 13.0 Å². The Morgan fingerprint density at radius 1 is 1.03 bits per heavy atom. The fourth-order valence-corrected chi connectivity index (χ4v) is 3.49. The van der Waals surface area contributed by atoms with Gasteiger partial charge in [-0.05, 0) is 78.2 Å². The molecule has 1 aromatic heterocycles. The normalized spacial score (nSPS) is 11.6. The summed E-state index contributed by atoms with van der Waals surface area (Å²) >= 11 is 3.36. The van der Waals surface area contributed by atoms with E-state index in [4.69, 9.17) is 14.2 Å². The lowest BCUT2D eigenvalue weighted by atomic mass is 10.2. The van der Waals surface area contributed by atoms with Gasteiger partial charge in [-0.3, -0.25) is 9.48 Å². The molecule has 1 heterocycles. The summed E-state index contributed by atoms with van der Waals surface area (Å²) < 4.78 is 19.7. The SMILES string of the molecule is CCOc1ccc(COc2ccc(NC(=O)C(CC)n3cc(Br)cn3)cc2)cc1OCC. The van der Waals surface area contributed by atoms with Gasteiger partial charge in [0.25, 0.3) is 0 Å². The summed E-state index contributed by atoms with van der Waals surface area (Å²) in [5.41, 5.74) is 1.68. The first-order valence-corrected chi connectivity index (χ1v) is 11.4. The number of aromatic nitrogens is 2. The second-order valence-electron chi connectivity index (χ2n) is 7.01. The Morgan fingerprint density at radius 3 is 2.38 bits per heavy atom. The van der Waals surface area contributed by atoms with E-state index in [1.54, 1.807) is 17.1 Å². The topological polar surface area (TPSA) is 74.6 Å². The monoisotopic (exact) mass is 501 g/mol. The van der Waals surface area contributed by atoms with Crippen LogP contribution in [0.1, 0.15) is 38.8 Å². The highest BCUT2D eigenvalue weighted by Gasteiger charge is 2.19. The van der Waals surface area contributed by atoms with Crippen molar-refractivity contribution < 1.29 is 19.0 Å². The van der Waals surface area contributed by atoms with E-state index in [0.717, 1.165) is 15.8 Å². The Bertz CT molecular complexity index is 1020. The van der Waals surface area contributed by atoms with Crippen LogP contribution in [-0.2, 0) is 11.4 Å². The second-order valence-corrected chi connectivity index (χ2v) is 7.93. The van der Waals surface area contributed by atoms with Gasteiger partial charge in [0.15, 0.2) is 11.5 Å². The number of nitrogens with one attached hydrogen (secondary N) is 1. The molecule has 0 aliphatic carbocycles. The number of halogens is 1. The van der Waals surface area contributed by atoms with E-state index in [9.17, 15) is 4.79 Å². The number of anilines is 1. The molecule has 8 heteroatoms. The molecule has 0 aliphatic rings. The summed E-state index contributed by atoms with van der Waals surface area (Å²) in [4.78, 5) is 12.7. The first kappa shape index (κ1) is 23.7. The van der Waals surface area contributed by atoms with Gasteiger partial charge in [-0.15, -0.1) is 0 Å². The molecule has 0 saturated heterocycles. The number of ether oxygens (including phenoxy) is 3. The van der Waals surface area contributed by atoms with Crippen molar-refractivity contribution in [3.63, 3.8) is 0 Å². The number of carbonyl (C=O) groups is 1. The zero-order valence-electron chi connectivity index (χ0n) is 18.5. The molecule has 1 amide bonds. The molecule has 3 rings (SSSR count). The number of carbonyl (C=O) groups excluding carboxylic acids is 1. The lowest BCUT2D eigenvalue weighted by Crippen LogP contribution is -2.25. The van der Waals surface area contributed by atoms with E-state index in [1.165, 1.54) is 0 Å². The van der Waals surface area contributed by atoms with Crippen LogP contribution in [0, 0.1) is 0 Å². The number of benzene rings is 2. The fraction of sp³-hybridized carbons (Fsp3) is 0.333. The number of amides is 1.